The largest absolute Gasteiger partial charge is 0.323 e. The predicted molar refractivity (Wildman–Crippen MR) is 96.1 cm³/mol. The molecule has 0 unspecified atom stereocenters. The van der Waals surface area contributed by atoms with E-state index in [2.05, 4.69) is 15.6 Å². The molecule has 1 aromatic heterocycles. The topological polar surface area (TPSA) is 97.1 Å². The van der Waals surface area contributed by atoms with Gasteiger partial charge < -0.3 is 16.4 Å². The maximum absolute atomic E-state index is 12.0. The van der Waals surface area contributed by atoms with Crippen LogP contribution >= 0.6 is 24.8 Å². The van der Waals surface area contributed by atoms with Gasteiger partial charge in [-0.3, -0.25) is 9.59 Å². The molecule has 1 fully saturated rings. The molecule has 1 saturated carbocycles. The fourth-order valence-corrected chi connectivity index (χ4v) is 1.73. The molecule has 1 aliphatic rings. The van der Waals surface area contributed by atoms with E-state index in [1.54, 1.807) is 12.1 Å². The van der Waals surface area contributed by atoms with Crippen LogP contribution in [0.5, 0.6) is 0 Å². The third-order valence-corrected chi connectivity index (χ3v) is 3.45. The molecule has 6 nitrogen and oxygen atoms in total. The number of hydrogen-bond acceptors (Lipinski definition) is 4. The first-order valence-electron chi connectivity index (χ1n) is 7.11. The van der Waals surface area contributed by atoms with Crippen LogP contribution in [0.3, 0.4) is 0 Å². The number of pyridine rings is 1. The van der Waals surface area contributed by atoms with E-state index in [1.807, 2.05) is 20.8 Å². The van der Waals surface area contributed by atoms with Gasteiger partial charge in [0.25, 0.3) is 0 Å². The van der Waals surface area contributed by atoms with E-state index in [-0.39, 0.29) is 48.0 Å². The van der Waals surface area contributed by atoms with Gasteiger partial charge >= 0.3 is 0 Å². The summed E-state index contributed by atoms with van der Waals surface area (Å²) < 4.78 is 0. The zero-order valence-corrected chi connectivity index (χ0v) is 15.1. The number of anilines is 2. The second-order valence-corrected chi connectivity index (χ2v) is 6.53. The lowest BCUT2D eigenvalue weighted by atomic mass is 9.87. The smallest absolute Gasteiger partial charge is 0.241 e. The third-order valence-electron chi connectivity index (χ3n) is 3.45. The summed E-state index contributed by atoms with van der Waals surface area (Å²) in [4.78, 5) is 27.7. The Morgan fingerprint density at radius 2 is 1.83 bits per heavy atom. The number of aromatic nitrogens is 1. The Morgan fingerprint density at radius 1 is 1.22 bits per heavy atom. The van der Waals surface area contributed by atoms with Crippen LogP contribution in [0, 0.1) is 11.3 Å². The van der Waals surface area contributed by atoms with Gasteiger partial charge in [0, 0.05) is 5.92 Å². The highest BCUT2D eigenvalue weighted by molar-refractivity contribution is 5.96. The molecule has 2 amide bonds. The number of carbonyl (C=O) groups excluding carboxylic acids is 2. The fourth-order valence-electron chi connectivity index (χ4n) is 1.73. The molecule has 8 heteroatoms. The van der Waals surface area contributed by atoms with Gasteiger partial charge in [-0.15, -0.1) is 24.8 Å². The van der Waals surface area contributed by atoms with Crippen molar-refractivity contribution in [3.05, 3.63) is 18.3 Å². The van der Waals surface area contributed by atoms with Crippen LogP contribution in [-0.4, -0.2) is 22.8 Å². The maximum atomic E-state index is 12.0. The highest BCUT2D eigenvalue weighted by Crippen LogP contribution is 2.30. The minimum absolute atomic E-state index is 0. The van der Waals surface area contributed by atoms with E-state index in [0.717, 1.165) is 12.8 Å². The quantitative estimate of drug-likeness (QED) is 0.766. The lowest BCUT2D eigenvalue weighted by Crippen LogP contribution is -2.45. The Morgan fingerprint density at radius 3 is 2.26 bits per heavy atom. The Labute approximate surface area is 148 Å². The maximum Gasteiger partial charge on any atom is 0.241 e. The van der Waals surface area contributed by atoms with Crippen LogP contribution in [0.25, 0.3) is 0 Å². The molecule has 2 rings (SSSR count). The number of nitrogens with one attached hydrogen (secondary N) is 2. The highest BCUT2D eigenvalue weighted by atomic mass is 35.5. The Balaban J connectivity index is 0.00000242. The van der Waals surface area contributed by atoms with Crippen molar-refractivity contribution in [1.29, 1.82) is 0 Å². The van der Waals surface area contributed by atoms with Gasteiger partial charge in [0.1, 0.15) is 5.82 Å². The first kappa shape index (κ1) is 21.6. The minimum atomic E-state index is -0.605. The molecule has 4 N–H and O–H groups in total. The van der Waals surface area contributed by atoms with E-state index < -0.39 is 6.04 Å². The van der Waals surface area contributed by atoms with Crippen LogP contribution in [0.4, 0.5) is 11.5 Å². The zero-order valence-electron chi connectivity index (χ0n) is 13.5. The van der Waals surface area contributed by atoms with Gasteiger partial charge in [0.15, 0.2) is 0 Å². The highest BCUT2D eigenvalue weighted by Gasteiger charge is 2.30. The van der Waals surface area contributed by atoms with Crippen molar-refractivity contribution in [3.8, 4) is 0 Å². The number of carbonyl (C=O) groups is 2. The zero-order chi connectivity index (χ0) is 15.6. The van der Waals surface area contributed by atoms with E-state index in [9.17, 15) is 9.59 Å². The summed E-state index contributed by atoms with van der Waals surface area (Å²) in [6, 6.07) is 2.76. The van der Waals surface area contributed by atoms with E-state index in [4.69, 9.17) is 5.73 Å². The lowest BCUT2D eigenvalue weighted by Gasteiger charge is -2.25. The van der Waals surface area contributed by atoms with Crippen LogP contribution in [-0.2, 0) is 9.59 Å². The summed E-state index contributed by atoms with van der Waals surface area (Å²) in [7, 11) is 0. The molecule has 23 heavy (non-hydrogen) atoms. The molecule has 0 saturated heterocycles. The first-order chi connectivity index (χ1) is 9.77. The first-order valence-corrected chi connectivity index (χ1v) is 7.11. The molecule has 0 bridgehead atoms. The van der Waals surface area contributed by atoms with Crippen molar-refractivity contribution in [2.75, 3.05) is 10.6 Å². The molecule has 1 atom stereocenters. The second-order valence-electron chi connectivity index (χ2n) is 6.53. The van der Waals surface area contributed by atoms with Crippen molar-refractivity contribution in [2.45, 2.75) is 39.7 Å². The average Bonchev–Trinajstić information content (AvgIpc) is 3.23. The molecule has 0 aliphatic heterocycles. The molecule has 1 aromatic rings. The lowest BCUT2D eigenvalue weighted by molar-refractivity contribution is -0.119. The summed E-state index contributed by atoms with van der Waals surface area (Å²) in [5.41, 5.74) is 6.14. The Bertz CT molecular complexity index is 539. The Kier molecular flexibility index (Phi) is 7.97. The molecule has 1 aliphatic carbocycles. The molecule has 0 radical (unpaired) electrons. The molecule has 130 valence electrons. The van der Waals surface area contributed by atoms with Crippen LogP contribution in [0.2, 0.25) is 0 Å². The van der Waals surface area contributed by atoms with Crippen LogP contribution < -0.4 is 16.4 Å². The summed E-state index contributed by atoms with van der Waals surface area (Å²) in [5.74, 6) is 0.383. The van der Waals surface area contributed by atoms with Crippen molar-refractivity contribution in [2.24, 2.45) is 17.1 Å². The summed E-state index contributed by atoms with van der Waals surface area (Å²) in [6.07, 6.45) is 3.41. The van der Waals surface area contributed by atoms with Crippen molar-refractivity contribution >= 4 is 48.1 Å². The van der Waals surface area contributed by atoms with Crippen molar-refractivity contribution in [3.63, 3.8) is 0 Å². The van der Waals surface area contributed by atoms with Gasteiger partial charge in [-0.05, 0) is 30.4 Å². The van der Waals surface area contributed by atoms with E-state index >= 15 is 0 Å². The van der Waals surface area contributed by atoms with Gasteiger partial charge in [-0.2, -0.15) is 0 Å². The number of amides is 2. The second kappa shape index (κ2) is 8.47. The third kappa shape index (κ3) is 6.33. The van der Waals surface area contributed by atoms with E-state index in [1.165, 1.54) is 6.20 Å². The molecule has 0 spiro atoms. The summed E-state index contributed by atoms with van der Waals surface area (Å²) in [6.45, 7) is 5.73. The predicted octanol–water partition coefficient (Wildman–Crippen LogP) is 2.59. The van der Waals surface area contributed by atoms with Gasteiger partial charge in [0.2, 0.25) is 11.8 Å². The van der Waals surface area contributed by atoms with Crippen molar-refractivity contribution in [1.82, 2.24) is 4.98 Å². The normalized spacial score (nSPS) is 14.8. The average molecular weight is 363 g/mol. The number of nitrogens with two attached hydrogens (primary N) is 1. The monoisotopic (exact) mass is 362 g/mol. The van der Waals surface area contributed by atoms with Crippen LogP contribution in [0.1, 0.15) is 33.6 Å². The molecular formula is C15H24Cl2N4O2. The van der Waals surface area contributed by atoms with Gasteiger partial charge in [0.05, 0.1) is 17.9 Å². The fraction of sp³-hybridized carbons (Fsp3) is 0.533. The molecular weight excluding hydrogens is 339 g/mol. The standard InChI is InChI=1S/C15H22N4O2.2ClH/c1-15(2,3)12(16)14(21)18-10-6-7-11(17-8-10)19-13(20)9-4-5-9;;/h6-9,12H,4-5,16H2,1-3H3,(H,18,21)(H,17,19,20);2*1H/t12-;;/m1../s1. The molecule has 1 heterocycles. The number of rotatable bonds is 4. The SMILES string of the molecule is CC(C)(C)[C@H](N)C(=O)Nc1ccc(NC(=O)C2CC2)nc1.Cl.Cl. The van der Waals surface area contributed by atoms with Gasteiger partial charge in [-0.25, -0.2) is 4.98 Å². The van der Waals surface area contributed by atoms with Gasteiger partial charge in [-0.1, -0.05) is 20.8 Å². The van der Waals surface area contributed by atoms with Crippen molar-refractivity contribution < 1.29 is 9.59 Å². The minimum Gasteiger partial charge on any atom is -0.323 e. The molecule has 0 aromatic carbocycles. The Hall–Kier alpha value is -1.37. The summed E-state index contributed by atoms with van der Waals surface area (Å²) in [5, 5.41) is 5.47. The summed E-state index contributed by atoms with van der Waals surface area (Å²) >= 11 is 0. The number of halogens is 2. The number of hydrogen-bond donors (Lipinski definition) is 3. The van der Waals surface area contributed by atoms with Crippen LogP contribution in [0.15, 0.2) is 18.3 Å². The number of nitrogens with zero attached hydrogens (tertiary/aromatic N) is 1. The van der Waals surface area contributed by atoms with E-state index in [0.29, 0.717) is 11.5 Å².